The lowest BCUT2D eigenvalue weighted by atomic mass is 9.84. The number of amides is 1. The van der Waals surface area contributed by atoms with Crippen LogP contribution < -0.4 is 0 Å². The molecule has 1 aliphatic rings. The van der Waals surface area contributed by atoms with Crippen molar-refractivity contribution in [1.29, 1.82) is 0 Å². The van der Waals surface area contributed by atoms with Crippen molar-refractivity contribution in [2.24, 2.45) is 11.8 Å². The van der Waals surface area contributed by atoms with E-state index in [0.29, 0.717) is 12.3 Å². The summed E-state index contributed by atoms with van der Waals surface area (Å²) in [6.45, 7) is 5.76. The molecular weight excluding hydrogens is 254 g/mol. The molecule has 20 heavy (non-hydrogen) atoms. The highest BCUT2D eigenvalue weighted by Gasteiger charge is 2.27. The molecule has 116 valence electrons. The van der Waals surface area contributed by atoms with Gasteiger partial charge in [-0.05, 0) is 31.1 Å². The van der Waals surface area contributed by atoms with Crippen LogP contribution in [0.25, 0.3) is 0 Å². The monoisotopic (exact) mass is 283 g/mol. The van der Waals surface area contributed by atoms with E-state index in [1.807, 2.05) is 11.8 Å². The summed E-state index contributed by atoms with van der Waals surface area (Å²) < 4.78 is 0. The van der Waals surface area contributed by atoms with E-state index in [-0.39, 0.29) is 18.2 Å². The van der Waals surface area contributed by atoms with Gasteiger partial charge in [0.25, 0.3) is 0 Å². The molecule has 0 bridgehead atoms. The highest BCUT2D eigenvalue weighted by Crippen LogP contribution is 2.26. The van der Waals surface area contributed by atoms with Crippen molar-refractivity contribution in [3.8, 4) is 0 Å². The number of carboxylic acid groups (broad SMARTS) is 1. The summed E-state index contributed by atoms with van der Waals surface area (Å²) in [6, 6.07) is 0. The highest BCUT2D eigenvalue weighted by atomic mass is 16.4. The first-order valence-electron chi connectivity index (χ1n) is 8.04. The topological polar surface area (TPSA) is 57.6 Å². The summed E-state index contributed by atoms with van der Waals surface area (Å²) in [5.41, 5.74) is 0. The number of hydrogen-bond donors (Lipinski definition) is 1. The Morgan fingerprint density at radius 2 is 2.05 bits per heavy atom. The molecule has 0 aromatic rings. The van der Waals surface area contributed by atoms with Crippen LogP contribution >= 0.6 is 0 Å². The summed E-state index contributed by atoms with van der Waals surface area (Å²) >= 11 is 0. The zero-order valence-electron chi connectivity index (χ0n) is 12.9. The molecule has 1 N–H and O–H groups in total. The van der Waals surface area contributed by atoms with Crippen molar-refractivity contribution in [3.63, 3.8) is 0 Å². The minimum atomic E-state index is -0.736. The average Bonchev–Trinajstić information content (AvgIpc) is 2.43. The third kappa shape index (κ3) is 5.93. The van der Waals surface area contributed by atoms with E-state index in [4.69, 9.17) is 5.11 Å². The molecule has 0 saturated carbocycles. The van der Waals surface area contributed by atoms with Crippen molar-refractivity contribution < 1.29 is 14.7 Å². The Morgan fingerprint density at radius 1 is 1.30 bits per heavy atom. The molecule has 1 aliphatic heterocycles. The molecule has 1 saturated heterocycles. The summed E-state index contributed by atoms with van der Waals surface area (Å²) in [6.07, 6.45) is 7.43. The van der Waals surface area contributed by atoms with Gasteiger partial charge in [0, 0.05) is 25.9 Å². The van der Waals surface area contributed by atoms with E-state index in [2.05, 4.69) is 6.92 Å². The summed E-state index contributed by atoms with van der Waals surface area (Å²) in [4.78, 5) is 24.9. The van der Waals surface area contributed by atoms with Crippen LogP contribution in [0, 0.1) is 11.8 Å². The third-order valence-corrected chi connectivity index (χ3v) is 4.36. The Balaban J connectivity index is 2.35. The molecule has 1 amide bonds. The van der Waals surface area contributed by atoms with Gasteiger partial charge in [0.15, 0.2) is 0 Å². The second-order valence-corrected chi connectivity index (χ2v) is 6.13. The van der Waals surface area contributed by atoms with Gasteiger partial charge in [-0.25, -0.2) is 0 Å². The van der Waals surface area contributed by atoms with Gasteiger partial charge in [-0.15, -0.1) is 0 Å². The number of aliphatic carboxylic acids is 1. The number of piperidine rings is 1. The van der Waals surface area contributed by atoms with E-state index < -0.39 is 5.97 Å². The Bertz CT molecular complexity index is 317. The van der Waals surface area contributed by atoms with Crippen LogP contribution in [-0.2, 0) is 9.59 Å². The molecule has 0 spiro atoms. The summed E-state index contributed by atoms with van der Waals surface area (Å²) in [5.74, 6) is 0.0245. The van der Waals surface area contributed by atoms with Gasteiger partial charge in [-0.3, -0.25) is 9.59 Å². The van der Waals surface area contributed by atoms with Gasteiger partial charge >= 0.3 is 5.97 Å². The molecule has 0 aromatic heterocycles. The van der Waals surface area contributed by atoms with E-state index in [0.717, 1.165) is 38.8 Å². The van der Waals surface area contributed by atoms with Crippen molar-refractivity contribution in [2.75, 3.05) is 13.1 Å². The number of unbranched alkanes of at least 4 members (excludes halogenated alkanes) is 3. The maximum Gasteiger partial charge on any atom is 0.303 e. The molecule has 4 nitrogen and oxygen atoms in total. The van der Waals surface area contributed by atoms with Gasteiger partial charge < -0.3 is 10.0 Å². The lowest BCUT2D eigenvalue weighted by Crippen LogP contribution is -2.41. The average molecular weight is 283 g/mol. The number of likely N-dealkylation sites (tertiary alicyclic amines) is 1. The standard InChI is InChI=1S/C16H29NO3/c1-3-4-5-6-9-15(18)17-10-7-8-14(12-17)13(2)11-16(19)20/h13-14H,3-12H2,1-2H3,(H,19,20). The van der Waals surface area contributed by atoms with Crippen LogP contribution in [0.5, 0.6) is 0 Å². The molecule has 0 aliphatic carbocycles. The normalized spacial score (nSPS) is 20.7. The van der Waals surface area contributed by atoms with E-state index in [9.17, 15) is 9.59 Å². The molecule has 1 heterocycles. The smallest absolute Gasteiger partial charge is 0.303 e. The molecule has 0 radical (unpaired) electrons. The van der Waals surface area contributed by atoms with E-state index in [1.165, 1.54) is 12.8 Å². The number of rotatable bonds is 8. The largest absolute Gasteiger partial charge is 0.481 e. The van der Waals surface area contributed by atoms with Crippen LogP contribution in [0.4, 0.5) is 0 Å². The molecule has 0 aromatic carbocycles. The first kappa shape index (κ1) is 17.0. The fourth-order valence-corrected chi connectivity index (χ4v) is 3.00. The van der Waals surface area contributed by atoms with Gasteiger partial charge in [-0.1, -0.05) is 33.1 Å². The van der Waals surface area contributed by atoms with E-state index in [1.54, 1.807) is 0 Å². The Hall–Kier alpha value is -1.06. The fraction of sp³-hybridized carbons (Fsp3) is 0.875. The molecule has 4 heteroatoms. The highest BCUT2D eigenvalue weighted by molar-refractivity contribution is 5.76. The van der Waals surface area contributed by atoms with E-state index >= 15 is 0 Å². The maximum absolute atomic E-state index is 12.2. The maximum atomic E-state index is 12.2. The minimum absolute atomic E-state index is 0.156. The summed E-state index contributed by atoms with van der Waals surface area (Å²) in [7, 11) is 0. The van der Waals surface area contributed by atoms with Gasteiger partial charge in [0.2, 0.25) is 5.91 Å². The van der Waals surface area contributed by atoms with Crippen LogP contribution in [-0.4, -0.2) is 35.0 Å². The number of carbonyl (C=O) groups is 2. The second kappa shape index (κ2) is 8.98. The lowest BCUT2D eigenvalue weighted by Gasteiger charge is -2.35. The third-order valence-electron chi connectivity index (χ3n) is 4.36. The first-order chi connectivity index (χ1) is 9.54. The molecule has 2 atom stereocenters. The van der Waals surface area contributed by atoms with Gasteiger partial charge in [-0.2, -0.15) is 0 Å². The molecular formula is C16H29NO3. The molecule has 2 unspecified atom stereocenters. The first-order valence-corrected chi connectivity index (χ1v) is 8.04. The number of nitrogens with zero attached hydrogens (tertiary/aromatic N) is 1. The number of carboxylic acids is 1. The Kier molecular flexibility index (Phi) is 7.63. The summed E-state index contributed by atoms with van der Waals surface area (Å²) in [5, 5.41) is 8.88. The fourth-order valence-electron chi connectivity index (χ4n) is 3.00. The molecule has 1 fully saturated rings. The van der Waals surface area contributed by atoms with Gasteiger partial charge in [0.05, 0.1) is 0 Å². The zero-order chi connectivity index (χ0) is 15.0. The van der Waals surface area contributed by atoms with Gasteiger partial charge in [0.1, 0.15) is 0 Å². The Labute approximate surface area is 122 Å². The molecule has 1 rings (SSSR count). The van der Waals surface area contributed by atoms with Crippen molar-refractivity contribution in [1.82, 2.24) is 4.90 Å². The van der Waals surface area contributed by atoms with Crippen molar-refractivity contribution in [3.05, 3.63) is 0 Å². The number of hydrogen-bond acceptors (Lipinski definition) is 2. The van der Waals surface area contributed by atoms with Crippen molar-refractivity contribution in [2.45, 2.75) is 65.2 Å². The van der Waals surface area contributed by atoms with Crippen LogP contribution in [0.3, 0.4) is 0 Å². The van der Waals surface area contributed by atoms with Crippen LogP contribution in [0.2, 0.25) is 0 Å². The van der Waals surface area contributed by atoms with Crippen LogP contribution in [0.15, 0.2) is 0 Å². The predicted molar refractivity (Wildman–Crippen MR) is 79.5 cm³/mol. The second-order valence-electron chi connectivity index (χ2n) is 6.13. The zero-order valence-corrected chi connectivity index (χ0v) is 12.9. The quantitative estimate of drug-likeness (QED) is 0.695. The SMILES string of the molecule is CCCCCCC(=O)N1CCCC(C(C)CC(=O)O)C1. The number of carbonyl (C=O) groups excluding carboxylic acids is 1. The Morgan fingerprint density at radius 3 is 2.70 bits per heavy atom. The van der Waals surface area contributed by atoms with Crippen molar-refractivity contribution >= 4 is 11.9 Å². The minimum Gasteiger partial charge on any atom is -0.481 e. The lowest BCUT2D eigenvalue weighted by molar-refractivity contribution is -0.138. The predicted octanol–water partition coefficient (Wildman–Crippen LogP) is 3.31. The van der Waals surface area contributed by atoms with Crippen LogP contribution in [0.1, 0.15) is 65.2 Å².